The van der Waals surface area contributed by atoms with Crippen LogP contribution in [0.5, 0.6) is 0 Å². The van der Waals surface area contributed by atoms with Gasteiger partial charge in [0.15, 0.2) is 0 Å². The summed E-state index contributed by atoms with van der Waals surface area (Å²) >= 11 is 0. The molecule has 0 aromatic heterocycles. The van der Waals surface area contributed by atoms with Gasteiger partial charge in [-0.1, -0.05) is 19.3 Å². The molecule has 0 aromatic carbocycles. The van der Waals surface area contributed by atoms with Crippen molar-refractivity contribution in [2.24, 2.45) is 0 Å². The minimum absolute atomic E-state index is 0.477. The van der Waals surface area contributed by atoms with E-state index in [0.717, 1.165) is 25.8 Å². The van der Waals surface area contributed by atoms with Crippen LogP contribution in [0.2, 0.25) is 0 Å². The van der Waals surface area contributed by atoms with E-state index in [1.807, 2.05) is 6.92 Å². The van der Waals surface area contributed by atoms with E-state index in [9.17, 15) is 0 Å². The Labute approximate surface area is 113 Å². The van der Waals surface area contributed by atoms with Crippen LogP contribution in [0.25, 0.3) is 0 Å². The Morgan fingerprint density at radius 3 is 2.67 bits per heavy atom. The van der Waals surface area contributed by atoms with E-state index >= 15 is 0 Å². The Bertz CT molecular complexity index is 193. The average Bonchev–Trinajstić information content (AvgIpc) is 2.42. The van der Waals surface area contributed by atoms with Gasteiger partial charge in [0, 0.05) is 18.7 Å². The molecule has 1 aliphatic carbocycles. The first kappa shape index (κ1) is 15.9. The third kappa shape index (κ3) is 6.72. The summed E-state index contributed by atoms with van der Waals surface area (Å²) in [7, 11) is 2.29. The van der Waals surface area contributed by atoms with E-state index in [0.29, 0.717) is 6.04 Å². The molecule has 0 aliphatic heterocycles. The fraction of sp³-hybridized carbons (Fsp3) is 1.00. The highest BCUT2D eigenvalue weighted by Gasteiger charge is 2.17. The van der Waals surface area contributed by atoms with Crippen LogP contribution in [0.1, 0.15) is 52.4 Å². The van der Waals surface area contributed by atoms with Crippen molar-refractivity contribution in [3.8, 4) is 0 Å². The molecule has 0 amide bonds. The lowest BCUT2D eigenvalue weighted by atomic mass is 9.94. The molecule has 1 unspecified atom stereocenters. The number of nitrogens with one attached hydrogen (secondary N) is 1. The molecule has 0 spiro atoms. The smallest absolute Gasteiger partial charge is 0.0616 e. The van der Waals surface area contributed by atoms with Gasteiger partial charge in [-0.15, -0.1) is 0 Å². The van der Waals surface area contributed by atoms with Gasteiger partial charge < -0.3 is 15.0 Å². The maximum Gasteiger partial charge on any atom is 0.0616 e. The second kappa shape index (κ2) is 9.76. The molecule has 0 aromatic rings. The lowest BCUT2D eigenvalue weighted by molar-refractivity contribution is 0.126. The molecule has 3 heteroatoms. The van der Waals surface area contributed by atoms with Crippen molar-refractivity contribution in [2.45, 2.75) is 64.5 Å². The van der Waals surface area contributed by atoms with Crippen molar-refractivity contribution in [1.29, 1.82) is 0 Å². The second-order valence-corrected chi connectivity index (χ2v) is 5.64. The molecule has 18 heavy (non-hydrogen) atoms. The maximum atomic E-state index is 5.40. The third-order valence-electron chi connectivity index (χ3n) is 3.95. The SMILES string of the molecule is CCOCC(C)NCCCN(C)C1CCCCC1. The second-order valence-electron chi connectivity index (χ2n) is 5.64. The molecule has 1 saturated carbocycles. The molecule has 1 aliphatic rings. The van der Waals surface area contributed by atoms with Crippen LogP contribution < -0.4 is 5.32 Å². The molecule has 0 radical (unpaired) electrons. The summed E-state index contributed by atoms with van der Waals surface area (Å²) in [5.41, 5.74) is 0. The lowest BCUT2D eigenvalue weighted by Crippen LogP contribution is -2.37. The predicted molar refractivity (Wildman–Crippen MR) is 78.1 cm³/mol. The Morgan fingerprint density at radius 2 is 2.00 bits per heavy atom. The number of ether oxygens (including phenoxy) is 1. The molecule has 0 saturated heterocycles. The van der Waals surface area contributed by atoms with Gasteiger partial charge in [0.05, 0.1) is 6.61 Å². The van der Waals surface area contributed by atoms with Gasteiger partial charge in [0.2, 0.25) is 0 Å². The number of hydrogen-bond donors (Lipinski definition) is 1. The number of rotatable bonds is 9. The summed E-state index contributed by atoms with van der Waals surface area (Å²) in [5.74, 6) is 0. The topological polar surface area (TPSA) is 24.5 Å². The highest BCUT2D eigenvalue weighted by atomic mass is 16.5. The van der Waals surface area contributed by atoms with E-state index in [1.165, 1.54) is 45.1 Å². The summed E-state index contributed by atoms with van der Waals surface area (Å²) in [6, 6.07) is 1.32. The third-order valence-corrected chi connectivity index (χ3v) is 3.95. The van der Waals surface area contributed by atoms with Crippen molar-refractivity contribution in [3.63, 3.8) is 0 Å². The maximum absolute atomic E-state index is 5.40. The normalized spacial score (nSPS) is 19.3. The van der Waals surface area contributed by atoms with Crippen molar-refractivity contribution < 1.29 is 4.74 Å². The van der Waals surface area contributed by atoms with E-state index < -0.39 is 0 Å². The lowest BCUT2D eigenvalue weighted by Gasteiger charge is -2.31. The van der Waals surface area contributed by atoms with Crippen molar-refractivity contribution in [2.75, 3.05) is 33.4 Å². The minimum atomic E-state index is 0.477. The van der Waals surface area contributed by atoms with Gasteiger partial charge in [0.1, 0.15) is 0 Å². The van der Waals surface area contributed by atoms with Crippen molar-refractivity contribution >= 4 is 0 Å². The van der Waals surface area contributed by atoms with Gasteiger partial charge in [-0.05, 0) is 53.2 Å². The molecule has 0 heterocycles. The van der Waals surface area contributed by atoms with Gasteiger partial charge in [-0.2, -0.15) is 0 Å². The molecule has 1 rings (SSSR count). The zero-order valence-electron chi connectivity index (χ0n) is 12.6. The average molecular weight is 256 g/mol. The fourth-order valence-electron chi connectivity index (χ4n) is 2.73. The Morgan fingerprint density at radius 1 is 1.28 bits per heavy atom. The summed E-state index contributed by atoms with van der Waals surface area (Å²) in [4.78, 5) is 2.56. The van der Waals surface area contributed by atoms with Gasteiger partial charge in [-0.3, -0.25) is 0 Å². The monoisotopic (exact) mass is 256 g/mol. The summed E-state index contributed by atoms with van der Waals surface area (Å²) in [6.45, 7) is 8.21. The van der Waals surface area contributed by atoms with Gasteiger partial charge in [-0.25, -0.2) is 0 Å². The fourth-order valence-corrected chi connectivity index (χ4v) is 2.73. The van der Waals surface area contributed by atoms with E-state index in [1.54, 1.807) is 0 Å². The summed E-state index contributed by atoms with van der Waals surface area (Å²) in [6.07, 6.45) is 8.36. The summed E-state index contributed by atoms with van der Waals surface area (Å²) in [5, 5.41) is 3.52. The molecule has 108 valence electrons. The van der Waals surface area contributed by atoms with Crippen LogP contribution in [0.4, 0.5) is 0 Å². The van der Waals surface area contributed by atoms with Gasteiger partial charge >= 0.3 is 0 Å². The largest absolute Gasteiger partial charge is 0.380 e. The molecule has 3 nitrogen and oxygen atoms in total. The minimum Gasteiger partial charge on any atom is -0.380 e. The standard InChI is InChI=1S/C15H32N2O/c1-4-18-13-14(2)16-11-8-12-17(3)15-9-6-5-7-10-15/h14-16H,4-13H2,1-3H3. The predicted octanol–water partition coefficient (Wildman–Crippen LogP) is 2.66. The Balaban J connectivity index is 1.99. The number of hydrogen-bond acceptors (Lipinski definition) is 3. The molecule has 1 atom stereocenters. The molecule has 1 N–H and O–H groups in total. The van der Waals surface area contributed by atoms with Crippen LogP contribution in [-0.4, -0.2) is 50.3 Å². The zero-order chi connectivity index (χ0) is 13.2. The van der Waals surface area contributed by atoms with E-state index in [2.05, 4.69) is 24.2 Å². The Kier molecular flexibility index (Phi) is 8.64. The first-order chi connectivity index (χ1) is 8.74. The van der Waals surface area contributed by atoms with E-state index in [4.69, 9.17) is 4.74 Å². The van der Waals surface area contributed by atoms with Crippen LogP contribution in [-0.2, 0) is 4.74 Å². The van der Waals surface area contributed by atoms with E-state index in [-0.39, 0.29) is 0 Å². The number of nitrogens with zero attached hydrogens (tertiary/aromatic N) is 1. The highest BCUT2D eigenvalue weighted by Crippen LogP contribution is 2.21. The highest BCUT2D eigenvalue weighted by molar-refractivity contribution is 4.73. The van der Waals surface area contributed by atoms with Gasteiger partial charge in [0.25, 0.3) is 0 Å². The van der Waals surface area contributed by atoms with Crippen LogP contribution in [0.15, 0.2) is 0 Å². The summed E-state index contributed by atoms with van der Waals surface area (Å²) < 4.78 is 5.40. The first-order valence-corrected chi connectivity index (χ1v) is 7.75. The molecule has 1 fully saturated rings. The Hall–Kier alpha value is -0.120. The first-order valence-electron chi connectivity index (χ1n) is 7.75. The van der Waals surface area contributed by atoms with Crippen molar-refractivity contribution in [3.05, 3.63) is 0 Å². The molecule has 0 bridgehead atoms. The molecular weight excluding hydrogens is 224 g/mol. The molecular formula is C15H32N2O. The van der Waals surface area contributed by atoms with Crippen LogP contribution in [0.3, 0.4) is 0 Å². The van der Waals surface area contributed by atoms with Crippen LogP contribution >= 0.6 is 0 Å². The zero-order valence-corrected chi connectivity index (χ0v) is 12.6. The van der Waals surface area contributed by atoms with Crippen LogP contribution in [0, 0.1) is 0 Å². The quantitative estimate of drug-likeness (QED) is 0.642. The van der Waals surface area contributed by atoms with Crippen molar-refractivity contribution in [1.82, 2.24) is 10.2 Å².